The number of aromatic amines is 1. The summed E-state index contributed by atoms with van der Waals surface area (Å²) in [5.41, 5.74) is 1.14. The van der Waals surface area contributed by atoms with Gasteiger partial charge in [0.15, 0.2) is 0 Å². The quantitative estimate of drug-likeness (QED) is 0.483. The molecule has 6 nitrogen and oxygen atoms in total. The Bertz CT molecular complexity index is 1240. The van der Waals surface area contributed by atoms with Crippen molar-refractivity contribution in [1.82, 2.24) is 9.97 Å². The van der Waals surface area contributed by atoms with Crippen LogP contribution in [-0.4, -0.2) is 39.5 Å². The molecule has 0 amide bonds. The minimum absolute atomic E-state index is 0.0835. The lowest BCUT2D eigenvalue weighted by atomic mass is 9.43. The van der Waals surface area contributed by atoms with Crippen LogP contribution in [0, 0.1) is 46.3 Å². The molecule has 4 aliphatic rings. The Hall–Kier alpha value is -1.92. The van der Waals surface area contributed by atoms with E-state index in [2.05, 4.69) is 25.8 Å². The first-order valence-corrected chi connectivity index (χ1v) is 15.1. The van der Waals surface area contributed by atoms with Gasteiger partial charge in [0, 0.05) is 12.5 Å². The van der Waals surface area contributed by atoms with Gasteiger partial charge in [-0.2, -0.15) is 0 Å². The number of H-pyrrole nitrogens is 1. The molecular formula is C32H46N2O4. The summed E-state index contributed by atoms with van der Waals surface area (Å²) in [4.78, 5) is 20.5. The van der Waals surface area contributed by atoms with Crippen molar-refractivity contribution in [3.8, 4) is 5.75 Å². The molecule has 1 unspecified atom stereocenters. The molecule has 4 saturated carbocycles. The largest absolute Gasteiger partial charge is 0.497 e. The van der Waals surface area contributed by atoms with Crippen LogP contribution in [0.3, 0.4) is 0 Å². The lowest BCUT2D eigenvalue weighted by Gasteiger charge is -2.62. The number of nitrogens with zero attached hydrogens (tertiary/aromatic N) is 1. The average molecular weight is 523 g/mol. The number of aromatic nitrogens is 2. The molecule has 1 aromatic carbocycles. The van der Waals surface area contributed by atoms with E-state index in [1.165, 1.54) is 25.7 Å². The molecule has 1 heterocycles. The number of hydrogen-bond donors (Lipinski definition) is 3. The van der Waals surface area contributed by atoms with Gasteiger partial charge in [0.05, 0.1) is 30.2 Å². The van der Waals surface area contributed by atoms with E-state index in [1.807, 2.05) is 6.07 Å². The van der Waals surface area contributed by atoms with Crippen LogP contribution in [0.4, 0.5) is 0 Å². The molecule has 3 N–H and O–H groups in total. The van der Waals surface area contributed by atoms with Gasteiger partial charge in [-0.3, -0.25) is 4.79 Å². The average Bonchev–Trinajstić information content (AvgIpc) is 3.25. The van der Waals surface area contributed by atoms with E-state index in [0.29, 0.717) is 52.2 Å². The van der Waals surface area contributed by atoms with E-state index in [-0.39, 0.29) is 28.6 Å². The number of aryl methyl sites for hydroxylation is 1. The molecule has 1 aromatic heterocycles. The summed E-state index contributed by atoms with van der Waals surface area (Å²) in [6.45, 7) is 7.40. The van der Waals surface area contributed by atoms with Gasteiger partial charge in [0.2, 0.25) is 0 Å². The van der Waals surface area contributed by atoms with Gasteiger partial charge in [-0.1, -0.05) is 20.8 Å². The van der Waals surface area contributed by atoms with Crippen LogP contribution in [0.5, 0.6) is 5.75 Å². The molecule has 4 aliphatic carbocycles. The summed E-state index contributed by atoms with van der Waals surface area (Å²) >= 11 is 0. The normalized spacial score (nSPS) is 41.3. The summed E-state index contributed by atoms with van der Waals surface area (Å²) in [6, 6.07) is 5.42. The van der Waals surface area contributed by atoms with Crippen LogP contribution in [0.15, 0.2) is 23.0 Å². The highest BCUT2D eigenvalue weighted by molar-refractivity contribution is 5.79. The van der Waals surface area contributed by atoms with E-state index in [4.69, 9.17) is 9.72 Å². The van der Waals surface area contributed by atoms with Crippen LogP contribution < -0.4 is 10.3 Å². The summed E-state index contributed by atoms with van der Waals surface area (Å²) < 4.78 is 5.33. The van der Waals surface area contributed by atoms with Gasteiger partial charge in [0.1, 0.15) is 11.6 Å². The number of aliphatic hydroxyl groups excluding tert-OH is 2. The molecule has 10 atom stereocenters. The van der Waals surface area contributed by atoms with Gasteiger partial charge in [-0.05, 0) is 116 Å². The molecule has 0 spiro atoms. The Morgan fingerprint density at radius 2 is 1.84 bits per heavy atom. The summed E-state index contributed by atoms with van der Waals surface area (Å²) in [6.07, 6.45) is 10.0. The molecule has 2 aromatic rings. The number of aliphatic hydroxyl groups is 2. The molecule has 6 heteroatoms. The number of ether oxygens (including phenoxy) is 1. The third-order valence-electron chi connectivity index (χ3n) is 12.2. The lowest BCUT2D eigenvalue weighted by molar-refractivity contribution is -0.174. The molecule has 0 aliphatic heterocycles. The van der Waals surface area contributed by atoms with E-state index < -0.39 is 0 Å². The molecule has 0 bridgehead atoms. The number of hydrogen-bond acceptors (Lipinski definition) is 5. The molecule has 0 radical (unpaired) electrons. The zero-order valence-electron chi connectivity index (χ0n) is 23.6. The Morgan fingerprint density at radius 1 is 1.08 bits per heavy atom. The molecule has 38 heavy (non-hydrogen) atoms. The highest BCUT2D eigenvalue weighted by Crippen LogP contribution is 2.68. The van der Waals surface area contributed by atoms with Gasteiger partial charge in [0.25, 0.3) is 5.56 Å². The molecular weight excluding hydrogens is 476 g/mol. The maximum Gasteiger partial charge on any atom is 0.258 e. The highest BCUT2D eigenvalue weighted by Gasteiger charge is 2.62. The maximum absolute atomic E-state index is 12.7. The second-order valence-electron chi connectivity index (χ2n) is 13.9. The van der Waals surface area contributed by atoms with Crippen LogP contribution >= 0.6 is 0 Å². The van der Waals surface area contributed by atoms with E-state index in [9.17, 15) is 15.0 Å². The Morgan fingerprint density at radius 3 is 2.63 bits per heavy atom. The Labute approximate surface area is 226 Å². The van der Waals surface area contributed by atoms with Gasteiger partial charge in [-0.15, -0.1) is 0 Å². The minimum Gasteiger partial charge on any atom is -0.497 e. The van der Waals surface area contributed by atoms with Crippen molar-refractivity contribution in [2.45, 2.75) is 97.2 Å². The monoisotopic (exact) mass is 522 g/mol. The number of methoxy groups -OCH3 is 1. The van der Waals surface area contributed by atoms with Crippen molar-refractivity contribution in [3.05, 3.63) is 34.4 Å². The SMILES string of the molecule is COc1ccc2c(=O)[nH]c(CC[C@@H](C)[C@H]3CC[C@H]4[C@H]5C(CC[C@]34C)[C@@]3(C)CC[C@@H](O)C[C@H]3C[C@H]5O)nc2c1. The van der Waals surface area contributed by atoms with Crippen molar-refractivity contribution < 1.29 is 14.9 Å². The van der Waals surface area contributed by atoms with Gasteiger partial charge >= 0.3 is 0 Å². The maximum atomic E-state index is 12.7. The fourth-order valence-corrected chi connectivity index (χ4v) is 10.2. The smallest absolute Gasteiger partial charge is 0.258 e. The zero-order chi connectivity index (χ0) is 26.8. The lowest BCUT2D eigenvalue weighted by Crippen LogP contribution is -2.58. The summed E-state index contributed by atoms with van der Waals surface area (Å²) in [5, 5.41) is 22.4. The Balaban J connectivity index is 1.18. The first kappa shape index (κ1) is 26.3. The number of rotatable bonds is 5. The zero-order valence-corrected chi connectivity index (χ0v) is 23.6. The molecule has 6 rings (SSSR count). The van der Waals surface area contributed by atoms with Crippen molar-refractivity contribution in [2.24, 2.45) is 46.3 Å². The second kappa shape index (κ2) is 9.62. The summed E-state index contributed by atoms with van der Waals surface area (Å²) in [5.74, 6) is 4.65. The number of fused-ring (bicyclic) bond motifs is 6. The van der Waals surface area contributed by atoms with E-state index >= 15 is 0 Å². The first-order valence-electron chi connectivity index (χ1n) is 15.1. The van der Waals surface area contributed by atoms with Gasteiger partial charge in [-0.25, -0.2) is 4.98 Å². The standard InChI is InChI=1S/C32H46N2O4/c1-18(5-10-28-33-26-17-21(38-4)6-7-22(26)30(37)34-28)23-8-9-24-29-25(12-14-32(23,24)3)31(2)13-11-20(35)15-19(31)16-27(29)36/h6-7,17-20,23-25,27,29,35-36H,5,8-16H2,1-4H3,(H,33,34,37)/t18-,19+,20-,23-,24+,25?,27-,29+,31+,32-/m1/s1. The van der Waals surface area contributed by atoms with Gasteiger partial charge < -0.3 is 19.9 Å². The van der Waals surface area contributed by atoms with Crippen molar-refractivity contribution in [2.75, 3.05) is 7.11 Å². The third-order valence-corrected chi connectivity index (χ3v) is 12.2. The Kier molecular flexibility index (Phi) is 6.66. The van der Waals surface area contributed by atoms with Crippen LogP contribution in [0.1, 0.15) is 84.4 Å². The number of benzene rings is 1. The number of nitrogens with one attached hydrogen (secondary N) is 1. The van der Waals surface area contributed by atoms with Crippen molar-refractivity contribution >= 4 is 10.9 Å². The van der Waals surface area contributed by atoms with Crippen LogP contribution in [0.25, 0.3) is 10.9 Å². The van der Waals surface area contributed by atoms with E-state index in [1.54, 1.807) is 19.2 Å². The summed E-state index contributed by atoms with van der Waals surface area (Å²) in [7, 11) is 1.63. The predicted molar refractivity (Wildman–Crippen MR) is 149 cm³/mol. The first-order chi connectivity index (χ1) is 18.1. The third kappa shape index (κ3) is 4.13. The molecule has 4 fully saturated rings. The second-order valence-corrected chi connectivity index (χ2v) is 13.9. The van der Waals surface area contributed by atoms with E-state index in [0.717, 1.165) is 44.3 Å². The van der Waals surface area contributed by atoms with Crippen molar-refractivity contribution in [1.29, 1.82) is 0 Å². The predicted octanol–water partition coefficient (Wildman–Crippen LogP) is 5.49. The minimum atomic E-state index is -0.231. The molecule has 0 saturated heterocycles. The fraction of sp³-hybridized carbons (Fsp3) is 0.750. The topological polar surface area (TPSA) is 95.4 Å². The van der Waals surface area contributed by atoms with Crippen LogP contribution in [-0.2, 0) is 6.42 Å². The van der Waals surface area contributed by atoms with Crippen molar-refractivity contribution in [3.63, 3.8) is 0 Å². The van der Waals surface area contributed by atoms with Crippen LogP contribution in [0.2, 0.25) is 0 Å². The fourth-order valence-electron chi connectivity index (χ4n) is 10.2. The highest BCUT2D eigenvalue weighted by atomic mass is 16.5. The molecule has 208 valence electrons.